The zero-order valence-electron chi connectivity index (χ0n) is 11.5. The quantitative estimate of drug-likeness (QED) is 0.889. The average molecular weight is 249 g/mol. The Balaban J connectivity index is 2.25. The van der Waals surface area contributed by atoms with Crippen LogP contribution in [0.15, 0.2) is 23.1 Å². The van der Waals surface area contributed by atoms with E-state index in [-0.39, 0.29) is 11.6 Å². The molecule has 1 aromatic rings. The van der Waals surface area contributed by atoms with Crippen LogP contribution in [0.25, 0.3) is 0 Å². The zero-order chi connectivity index (χ0) is 13.1. The van der Waals surface area contributed by atoms with Crippen molar-refractivity contribution in [3.63, 3.8) is 0 Å². The van der Waals surface area contributed by atoms with Crippen LogP contribution in [0.4, 0.5) is 5.69 Å². The Morgan fingerprint density at radius 3 is 2.89 bits per heavy atom. The first-order chi connectivity index (χ1) is 8.58. The molecular formula is C14H23N3O. The van der Waals surface area contributed by atoms with Gasteiger partial charge in [-0.3, -0.25) is 4.79 Å². The van der Waals surface area contributed by atoms with E-state index in [0.717, 1.165) is 25.9 Å². The number of hydrogen-bond acceptors (Lipinski definition) is 3. The molecule has 4 nitrogen and oxygen atoms in total. The molecule has 0 radical (unpaired) electrons. The van der Waals surface area contributed by atoms with Gasteiger partial charge in [0.05, 0.1) is 0 Å². The lowest BCUT2D eigenvalue weighted by Crippen LogP contribution is -2.38. The van der Waals surface area contributed by atoms with Crippen LogP contribution >= 0.6 is 0 Å². The van der Waals surface area contributed by atoms with Gasteiger partial charge in [0.2, 0.25) is 0 Å². The number of hydrogen-bond donors (Lipinski definition) is 1. The summed E-state index contributed by atoms with van der Waals surface area (Å²) in [7, 11) is 2.12. The van der Waals surface area contributed by atoms with Gasteiger partial charge in [0.1, 0.15) is 5.69 Å². The van der Waals surface area contributed by atoms with E-state index >= 15 is 0 Å². The number of piperidine rings is 1. The Hall–Kier alpha value is -1.29. The number of nitrogens with zero attached hydrogens (tertiary/aromatic N) is 2. The molecule has 1 aliphatic rings. The van der Waals surface area contributed by atoms with E-state index in [0.29, 0.717) is 11.7 Å². The largest absolute Gasteiger partial charge is 0.378 e. The highest BCUT2D eigenvalue weighted by molar-refractivity contribution is 5.41. The van der Waals surface area contributed by atoms with Crippen LogP contribution in [0.5, 0.6) is 0 Å². The predicted octanol–water partition coefficient (Wildman–Crippen LogP) is 1.94. The Labute approximate surface area is 109 Å². The standard InChI is InChI=1S/C14H23N3O/c1-11(2)15-13-7-5-9-17(14(13)18)12-6-4-8-16(3)10-12/h5,7,9,11-12,15H,4,6,8,10H2,1-3H3/t12-/m1/s1. The lowest BCUT2D eigenvalue weighted by molar-refractivity contribution is 0.209. The maximum absolute atomic E-state index is 12.4. The molecule has 0 aliphatic carbocycles. The summed E-state index contributed by atoms with van der Waals surface area (Å²) in [4.78, 5) is 14.7. The van der Waals surface area contributed by atoms with E-state index in [2.05, 4.69) is 17.3 Å². The fourth-order valence-electron chi connectivity index (χ4n) is 2.58. The summed E-state index contributed by atoms with van der Waals surface area (Å²) < 4.78 is 1.89. The highest BCUT2D eigenvalue weighted by atomic mass is 16.1. The van der Waals surface area contributed by atoms with Crippen molar-refractivity contribution in [2.24, 2.45) is 0 Å². The first kappa shape index (κ1) is 13.1. The third-order valence-corrected chi connectivity index (χ3v) is 3.41. The van der Waals surface area contributed by atoms with Gasteiger partial charge in [0.25, 0.3) is 5.56 Å². The summed E-state index contributed by atoms with van der Waals surface area (Å²) in [5, 5.41) is 3.22. The Kier molecular flexibility index (Phi) is 4.07. The Morgan fingerprint density at radius 2 is 2.22 bits per heavy atom. The van der Waals surface area contributed by atoms with Gasteiger partial charge in [-0.1, -0.05) is 0 Å². The van der Waals surface area contributed by atoms with Gasteiger partial charge < -0.3 is 14.8 Å². The molecule has 2 rings (SSSR count). The van der Waals surface area contributed by atoms with Crippen molar-refractivity contribution in [3.8, 4) is 0 Å². The number of likely N-dealkylation sites (N-methyl/N-ethyl adjacent to an activating group) is 1. The second kappa shape index (κ2) is 5.57. The molecule has 100 valence electrons. The highest BCUT2D eigenvalue weighted by Crippen LogP contribution is 2.19. The van der Waals surface area contributed by atoms with Gasteiger partial charge in [-0.2, -0.15) is 0 Å². The van der Waals surface area contributed by atoms with Crippen molar-refractivity contribution < 1.29 is 0 Å². The molecule has 0 unspecified atom stereocenters. The molecule has 0 amide bonds. The van der Waals surface area contributed by atoms with Crippen molar-refractivity contribution >= 4 is 5.69 Å². The molecule has 2 heterocycles. The molecule has 1 aliphatic heterocycles. The monoisotopic (exact) mass is 249 g/mol. The molecule has 0 spiro atoms. The van der Waals surface area contributed by atoms with Gasteiger partial charge >= 0.3 is 0 Å². The van der Waals surface area contributed by atoms with Crippen LogP contribution in [0, 0.1) is 0 Å². The predicted molar refractivity (Wildman–Crippen MR) is 75.2 cm³/mol. The third-order valence-electron chi connectivity index (χ3n) is 3.41. The van der Waals surface area contributed by atoms with Crippen LogP contribution < -0.4 is 10.9 Å². The molecule has 0 saturated carbocycles. The van der Waals surface area contributed by atoms with E-state index in [1.165, 1.54) is 0 Å². The first-order valence-electron chi connectivity index (χ1n) is 6.74. The second-order valence-electron chi connectivity index (χ2n) is 5.49. The fraction of sp³-hybridized carbons (Fsp3) is 0.643. The van der Waals surface area contributed by atoms with Crippen molar-refractivity contribution in [3.05, 3.63) is 28.7 Å². The van der Waals surface area contributed by atoms with Crippen LogP contribution in [-0.2, 0) is 0 Å². The lowest BCUT2D eigenvalue weighted by Gasteiger charge is -2.31. The van der Waals surface area contributed by atoms with Crippen molar-refractivity contribution in [2.75, 3.05) is 25.5 Å². The van der Waals surface area contributed by atoms with Gasteiger partial charge in [0, 0.05) is 24.8 Å². The second-order valence-corrected chi connectivity index (χ2v) is 5.49. The number of anilines is 1. The van der Waals surface area contributed by atoms with E-state index < -0.39 is 0 Å². The lowest BCUT2D eigenvalue weighted by atomic mass is 10.1. The first-order valence-corrected chi connectivity index (χ1v) is 6.74. The average Bonchev–Trinajstić information content (AvgIpc) is 2.31. The summed E-state index contributed by atoms with van der Waals surface area (Å²) in [6.07, 6.45) is 4.17. The van der Waals surface area contributed by atoms with Gasteiger partial charge in [-0.15, -0.1) is 0 Å². The van der Waals surface area contributed by atoms with E-state index in [1.54, 1.807) is 0 Å². The van der Waals surface area contributed by atoms with Crippen LogP contribution in [0.3, 0.4) is 0 Å². The van der Waals surface area contributed by atoms with Gasteiger partial charge in [-0.05, 0) is 52.4 Å². The van der Waals surface area contributed by atoms with E-state index in [1.807, 2.05) is 36.7 Å². The van der Waals surface area contributed by atoms with Crippen molar-refractivity contribution in [1.82, 2.24) is 9.47 Å². The Bertz CT molecular complexity index is 453. The maximum Gasteiger partial charge on any atom is 0.274 e. The van der Waals surface area contributed by atoms with Crippen LogP contribution in [0.1, 0.15) is 32.7 Å². The smallest absolute Gasteiger partial charge is 0.274 e. The zero-order valence-corrected chi connectivity index (χ0v) is 11.5. The minimum absolute atomic E-state index is 0.103. The third kappa shape index (κ3) is 2.93. The number of nitrogens with one attached hydrogen (secondary N) is 1. The minimum atomic E-state index is 0.103. The normalized spacial score (nSPS) is 21.2. The van der Waals surface area contributed by atoms with E-state index in [4.69, 9.17) is 0 Å². The molecule has 1 aromatic heterocycles. The summed E-state index contributed by atoms with van der Waals surface area (Å²) in [6, 6.07) is 4.42. The van der Waals surface area contributed by atoms with Gasteiger partial charge in [0.15, 0.2) is 0 Å². The summed E-state index contributed by atoms with van der Waals surface area (Å²) in [5.41, 5.74) is 0.812. The molecule has 0 bridgehead atoms. The SMILES string of the molecule is CC(C)Nc1cccn([C@@H]2CCCN(C)C2)c1=O. The molecule has 1 fully saturated rings. The number of rotatable bonds is 3. The number of pyridine rings is 1. The number of aromatic nitrogens is 1. The summed E-state index contributed by atoms with van der Waals surface area (Å²) >= 11 is 0. The van der Waals surface area contributed by atoms with Crippen LogP contribution in [-0.4, -0.2) is 35.6 Å². The Morgan fingerprint density at radius 1 is 1.44 bits per heavy atom. The molecule has 1 N–H and O–H groups in total. The number of likely N-dealkylation sites (tertiary alicyclic amines) is 1. The molecule has 4 heteroatoms. The van der Waals surface area contributed by atoms with Gasteiger partial charge in [-0.25, -0.2) is 0 Å². The summed E-state index contributed by atoms with van der Waals surface area (Å²) in [6.45, 7) is 6.19. The van der Waals surface area contributed by atoms with Crippen molar-refractivity contribution in [1.29, 1.82) is 0 Å². The molecule has 1 saturated heterocycles. The minimum Gasteiger partial charge on any atom is -0.378 e. The summed E-state index contributed by atoms with van der Waals surface area (Å²) in [5.74, 6) is 0. The molecule has 0 aromatic carbocycles. The van der Waals surface area contributed by atoms with Crippen LogP contribution in [0.2, 0.25) is 0 Å². The molecule has 1 atom stereocenters. The molecule has 18 heavy (non-hydrogen) atoms. The van der Waals surface area contributed by atoms with Crippen molar-refractivity contribution in [2.45, 2.75) is 38.8 Å². The topological polar surface area (TPSA) is 37.3 Å². The van der Waals surface area contributed by atoms with E-state index in [9.17, 15) is 4.79 Å². The maximum atomic E-state index is 12.4. The fourth-order valence-corrected chi connectivity index (χ4v) is 2.58. The highest BCUT2D eigenvalue weighted by Gasteiger charge is 2.20. The molecular weight excluding hydrogens is 226 g/mol.